The molecule has 7 nitrogen and oxygen atoms in total. The highest BCUT2D eigenvalue weighted by atomic mass is 16.6. The molecule has 192 valence electrons. The summed E-state index contributed by atoms with van der Waals surface area (Å²) in [5.41, 5.74) is 2.62. The van der Waals surface area contributed by atoms with Crippen molar-refractivity contribution in [1.82, 2.24) is 25.2 Å². The van der Waals surface area contributed by atoms with Gasteiger partial charge < -0.3 is 4.84 Å². The van der Waals surface area contributed by atoms with Crippen molar-refractivity contribution in [3.8, 4) is 0 Å². The van der Waals surface area contributed by atoms with Gasteiger partial charge in [0, 0.05) is 11.3 Å². The van der Waals surface area contributed by atoms with Gasteiger partial charge in [0.15, 0.2) is 12.4 Å². The first-order valence-corrected chi connectivity index (χ1v) is 9.17. The third kappa shape index (κ3) is 13.8. The number of benzene rings is 1. The predicted molar refractivity (Wildman–Crippen MR) is 148 cm³/mol. The van der Waals surface area contributed by atoms with Crippen molar-refractivity contribution in [3.05, 3.63) is 71.3 Å². The Morgan fingerprint density at radius 1 is 0.818 bits per heavy atom. The minimum atomic E-state index is 0. The highest BCUT2D eigenvalue weighted by Gasteiger charge is 2.12. The molecule has 33 heavy (non-hydrogen) atoms. The summed E-state index contributed by atoms with van der Waals surface area (Å²) in [5, 5.41) is 15.7. The van der Waals surface area contributed by atoms with Crippen molar-refractivity contribution < 1.29 is 4.84 Å². The standard InChI is InChI=1S/C16H16N6O.2C2H6.6CH4/c1-12-7-6-10-15(17-12)11-23-19-16(14-8-4-3-5-9-14)22-13(2)18-20-21-22;2*1-2;;;;;;/h3-10H,11H2,1-2H3;2*1-2H3;6*1H4. The van der Waals surface area contributed by atoms with Crippen molar-refractivity contribution in [1.29, 1.82) is 0 Å². The second kappa shape index (κ2) is 25.2. The number of nitrogens with zero attached hydrogens (tertiary/aromatic N) is 6. The lowest BCUT2D eigenvalue weighted by Gasteiger charge is -2.07. The summed E-state index contributed by atoms with van der Waals surface area (Å²) in [6, 6.07) is 15.4. The van der Waals surface area contributed by atoms with Gasteiger partial charge in [-0.25, -0.2) is 0 Å². The van der Waals surface area contributed by atoms with Crippen LogP contribution in [0.1, 0.15) is 95.0 Å². The van der Waals surface area contributed by atoms with E-state index in [-0.39, 0.29) is 51.2 Å². The summed E-state index contributed by atoms with van der Waals surface area (Å²) in [5.74, 6) is 1.16. The lowest BCUT2D eigenvalue weighted by Crippen LogP contribution is -2.17. The summed E-state index contributed by atoms with van der Waals surface area (Å²) in [6.07, 6.45) is 0. The van der Waals surface area contributed by atoms with Gasteiger partial charge in [0.25, 0.3) is 0 Å². The molecule has 2 heterocycles. The van der Waals surface area contributed by atoms with Gasteiger partial charge in [0.05, 0.1) is 5.69 Å². The molecule has 0 bridgehead atoms. The van der Waals surface area contributed by atoms with Gasteiger partial charge in [0.1, 0.15) is 0 Å². The molecule has 0 radical (unpaired) electrons. The number of oxime groups is 1. The van der Waals surface area contributed by atoms with Gasteiger partial charge in [-0.05, 0) is 36.4 Å². The maximum atomic E-state index is 5.48. The number of aryl methyl sites for hydroxylation is 2. The fraction of sp³-hybridized carbons (Fsp3) is 0.500. The van der Waals surface area contributed by atoms with E-state index in [2.05, 4.69) is 25.7 Å². The molecule has 0 aliphatic heterocycles. The van der Waals surface area contributed by atoms with E-state index in [0.717, 1.165) is 17.0 Å². The van der Waals surface area contributed by atoms with Gasteiger partial charge >= 0.3 is 0 Å². The van der Waals surface area contributed by atoms with E-state index in [4.69, 9.17) is 4.84 Å². The summed E-state index contributed by atoms with van der Waals surface area (Å²) in [6.45, 7) is 12.0. The predicted octanol–water partition coefficient (Wildman–Crippen LogP) is 7.98. The SMILES string of the molecule is C.C.C.C.C.C.CC.CC.Cc1cccc(CON=C(c2ccccc2)n2nnnc2C)n1. The summed E-state index contributed by atoms with van der Waals surface area (Å²) in [4.78, 5) is 9.86. The van der Waals surface area contributed by atoms with Crippen LogP contribution in [0.25, 0.3) is 0 Å². The van der Waals surface area contributed by atoms with Crippen LogP contribution in [-0.4, -0.2) is 31.0 Å². The normalized spacial score (nSPS) is 8.36. The molecule has 3 aromatic rings. The number of aromatic nitrogens is 5. The molecule has 2 aromatic heterocycles. The van der Waals surface area contributed by atoms with Gasteiger partial charge in [-0.2, -0.15) is 4.68 Å². The first-order chi connectivity index (χ1) is 13.2. The largest absolute Gasteiger partial charge is 0.387 e. The van der Waals surface area contributed by atoms with E-state index in [9.17, 15) is 0 Å². The second-order valence-corrected chi connectivity index (χ2v) is 4.96. The smallest absolute Gasteiger partial charge is 0.203 e. The molecule has 7 heteroatoms. The Morgan fingerprint density at radius 3 is 1.88 bits per heavy atom. The number of hydrogen-bond donors (Lipinski definition) is 0. The lowest BCUT2D eigenvalue weighted by molar-refractivity contribution is 0.126. The molecule has 0 aliphatic rings. The summed E-state index contributed by atoms with van der Waals surface area (Å²) < 4.78 is 1.54. The number of tetrazole rings is 1. The van der Waals surface area contributed by atoms with Gasteiger partial charge in [0.2, 0.25) is 5.84 Å². The minimum Gasteiger partial charge on any atom is -0.387 e. The third-order valence-electron chi connectivity index (χ3n) is 3.17. The van der Waals surface area contributed by atoms with Crippen LogP contribution in [0, 0.1) is 13.8 Å². The molecular formula is C26H52N6O. The average Bonchev–Trinajstić information content (AvgIpc) is 3.15. The van der Waals surface area contributed by atoms with Crippen molar-refractivity contribution in [3.63, 3.8) is 0 Å². The van der Waals surface area contributed by atoms with E-state index >= 15 is 0 Å². The maximum Gasteiger partial charge on any atom is 0.203 e. The second-order valence-electron chi connectivity index (χ2n) is 4.96. The highest BCUT2D eigenvalue weighted by molar-refractivity contribution is 5.99. The minimum absolute atomic E-state index is 0. The molecule has 3 rings (SSSR count). The first kappa shape index (κ1) is 43.7. The van der Waals surface area contributed by atoms with Crippen LogP contribution in [-0.2, 0) is 11.4 Å². The zero-order valence-corrected chi connectivity index (χ0v) is 16.9. The maximum absolute atomic E-state index is 5.48. The molecule has 0 saturated carbocycles. The van der Waals surface area contributed by atoms with Gasteiger partial charge in [-0.1, -0.05) is 114 Å². The molecular weight excluding hydrogens is 412 g/mol. The zero-order chi connectivity index (χ0) is 20.1. The van der Waals surface area contributed by atoms with Crippen LogP contribution in [0.4, 0.5) is 0 Å². The van der Waals surface area contributed by atoms with Crippen LogP contribution in [0.15, 0.2) is 53.7 Å². The summed E-state index contributed by atoms with van der Waals surface area (Å²) in [7, 11) is 0. The van der Waals surface area contributed by atoms with Crippen LogP contribution >= 0.6 is 0 Å². The van der Waals surface area contributed by atoms with Gasteiger partial charge in [-0.15, -0.1) is 5.10 Å². The fourth-order valence-corrected chi connectivity index (χ4v) is 2.07. The third-order valence-corrected chi connectivity index (χ3v) is 3.17. The Hall–Kier alpha value is -3.09. The Balaban J connectivity index is -0.000000173. The number of pyridine rings is 1. The topological polar surface area (TPSA) is 78.1 Å². The zero-order valence-electron chi connectivity index (χ0n) is 16.9. The lowest BCUT2D eigenvalue weighted by atomic mass is 10.2. The molecule has 0 amide bonds. The van der Waals surface area contributed by atoms with Crippen LogP contribution in [0.5, 0.6) is 0 Å². The van der Waals surface area contributed by atoms with E-state index in [1.165, 1.54) is 0 Å². The Morgan fingerprint density at radius 2 is 1.39 bits per heavy atom. The molecule has 0 saturated heterocycles. The Labute approximate surface area is 205 Å². The Kier molecular flexibility index (Phi) is 33.4. The monoisotopic (exact) mass is 464 g/mol. The first-order valence-electron chi connectivity index (χ1n) is 9.17. The molecule has 1 aromatic carbocycles. The molecule has 0 spiro atoms. The average molecular weight is 465 g/mol. The molecule has 0 N–H and O–H groups in total. The molecule has 0 unspecified atom stereocenters. The molecule has 0 atom stereocenters. The number of rotatable bonds is 4. The van der Waals surface area contributed by atoms with Crippen LogP contribution in [0.3, 0.4) is 0 Å². The van der Waals surface area contributed by atoms with E-state index in [1.807, 2.05) is 83.1 Å². The van der Waals surface area contributed by atoms with Crippen molar-refractivity contribution in [2.45, 2.75) is 92.7 Å². The number of hydrogen-bond acceptors (Lipinski definition) is 6. The molecule has 0 fully saturated rings. The van der Waals surface area contributed by atoms with Crippen molar-refractivity contribution in [2.24, 2.45) is 5.16 Å². The quantitative estimate of drug-likeness (QED) is 0.222. The Bertz CT molecular complexity index is 816. The highest BCUT2D eigenvalue weighted by Crippen LogP contribution is 2.07. The van der Waals surface area contributed by atoms with E-state index < -0.39 is 0 Å². The van der Waals surface area contributed by atoms with Crippen molar-refractivity contribution in [2.75, 3.05) is 0 Å². The molecule has 0 aliphatic carbocycles. The van der Waals surface area contributed by atoms with Crippen LogP contribution < -0.4 is 0 Å². The summed E-state index contributed by atoms with van der Waals surface area (Å²) >= 11 is 0. The van der Waals surface area contributed by atoms with Crippen LogP contribution in [0.2, 0.25) is 0 Å². The van der Waals surface area contributed by atoms with E-state index in [0.29, 0.717) is 11.7 Å². The fourth-order valence-electron chi connectivity index (χ4n) is 2.07. The van der Waals surface area contributed by atoms with Gasteiger partial charge in [-0.3, -0.25) is 4.98 Å². The van der Waals surface area contributed by atoms with Crippen molar-refractivity contribution >= 4 is 5.84 Å². The van der Waals surface area contributed by atoms with E-state index in [1.54, 1.807) is 11.6 Å².